The second-order valence-electron chi connectivity index (χ2n) is 17.4. The van der Waals surface area contributed by atoms with Gasteiger partial charge in [0.15, 0.2) is 5.96 Å². The number of carboxylic acids is 2. The van der Waals surface area contributed by atoms with Crippen LogP contribution in [0.2, 0.25) is 0 Å². The fourth-order valence-electron chi connectivity index (χ4n) is 6.69. The molecular weight excluding hydrogens is 1020 g/mol. The van der Waals surface area contributed by atoms with Gasteiger partial charge in [0, 0.05) is 6.54 Å². The predicted octanol–water partition coefficient (Wildman–Crippen LogP) is -6.42. The molecule has 31 heteroatoms. The molecule has 21 N–H and O–H groups in total. The van der Waals surface area contributed by atoms with Crippen LogP contribution in [0, 0.1) is 5.92 Å². The summed E-state index contributed by atoms with van der Waals surface area (Å²) < 4.78 is 0. The molecule has 10 amide bonds. The smallest absolute Gasteiger partial charge is 0.322 e. The lowest BCUT2D eigenvalue weighted by Crippen LogP contribution is -2.60. The van der Waals surface area contributed by atoms with Gasteiger partial charge in [0.25, 0.3) is 0 Å². The number of nitrogens with two attached hydrogens (primary N) is 4. The number of aliphatic hydroxyl groups excluding tert-OH is 1. The molecule has 1 aromatic carbocycles. The third-order valence-electron chi connectivity index (χ3n) is 11.1. The van der Waals surface area contributed by atoms with Crippen molar-refractivity contribution < 1.29 is 78.0 Å². The minimum Gasteiger partial charge on any atom is -0.508 e. The molecule has 0 aliphatic heterocycles. The topological polar surface area (TPSA) is 510 Å². The summed E-state index contributed by atoms with van der Waals surface area (Å²) in [6, 6.07) is -6.30. The molecule has 0 radical (unpaired) electrons. The molecule has 0 spiro atoms. The fraction of sp³-hybridized carbons (Fsp3) is 0.578. The average Bonchev–Trinajstić information content (AvgIpc) is 3.34. The number of primary amides is 1. The largest absolute Gasteiger partial charge is 0.508 e. The van der Waals surface area contributed by atoms with Gasteiger partial charge in [-0.2, -0.15) is 11.8 Å². The lowest BCUT2D eigenvalue weighted by atomic mass is 9.96. The van der Waals surface area contributed by atoms with Gasteiger partial charge in [-0.05, 0) is 75.2 Å². The molecule has 0 fully saturated rings. The van der Waals surface area contributed by atoms with Crippen LogP contribution < -0.4 is 70.8 Å². The van der Waals surface area contributed by atoms with Crippen LogP contribution in [0.25, 0.3) is 0 Å². The van der Waals surface area contributed by atoms with E-state index < -0.39 is 157 Å². The van der Waals surface area contributed by atoms with E-state index in [2.05, 4.69) is 52.8 Å². The number of guanidine groups is 1. The van der Waals surface area contributed by atoms with E-state index in [0.29, 0.717) is 11.3 Å². The van der Waals surface area contributed by atoms with Gasteiger partial charge in [0.2, 0.25) is 59.1 Å². The molecule has 0 aliphatic rings. The number of phenols is 1. The molecule has 0 aliphatic carbocycles. The van der Waals surface area contributed by atoms with Crippen molar-refractivity contribution >= 4 is 88.7 Å². The first kappa shape index (κ1) is 66.2. The fourth-order valence-corrected chi connectivity index (χ4v) is 7.16. The van der Waals surface area contributed by atoms with Crippen LogP contribution in [0.4, 0.5) is 0 Å². The Kier molecular flexibility index (Phi) is 29.5. The van der Waals surface area contributed by atoms with Crippen LogP contribution in [0.3, 0.4) is 0 Å². The summed E-state index contributed by atoms with van der Waals surface area (Å²) >= 11 is 1.34. The number of aliphatic carboxylic acids is 2. The number of amides is 10. The van der Waals surface area contributed by atoms with Crippen LogP contribution in [0.5, 0.6) is 5.75 Å². The number of hydrogen-bond donors (Lipinski definition) is 17. The van der Waals surface area contributed by atoms with Crippen LogP contribution >= 0.6 is 11.8 Å². The average molecular weight is 1100 g/mol. The number of aromatic hydroxyl groups is 1. The van der Waals surface area contributed by atoms with Crippen molar-refractivity contribution in [1.29, 1.82) is 0 Å². The van der Waals surface area contributed by atoms with Crippen molar-refractivity contribution in [3.8, 4) is 5.75 Å². The van der Waals surface area contributed by atoms with Gasteiger partial charge in [0.05, 0.1) is 31.5 Å². The predicted molar refractivity (Wildman–Crippen MR) is 273 cm³/mol. The molecule has 0 bridgehead atoms. The standard InChI is InChI=1S/C45H72N14O16S/c1-6-21(2)35(43(74)56-27(8-7-14-50-45(48)49)41(72)55-28(13-15-76-5)39(70)52-20-34(66)67)58-42(73)29(17-31(47)62)54-32(63)19-51-40(71)30(18-33(64)65)57-37(68)22(3)53-44(75)36(23(4)60)59-38(69)26(46)16-24-9-11-25(61)12-10-24/h9-12,21-23,26-30,35-36,60-61H,6-8,13-20,46H2,1-5H3,(H2,47,62)(H,51,71)(H,52,70)(H,53,75)(H,54,63)(H,55,72)(H,56,74)(H,57,68)(H,58,73)(H,59,69)(H,64,65)(H,66,67)(H4,48,49,50)/t21-,22-,23+,26-,27-,28-,29-,30-,35-,36-/m0/s1. The molecular formula is C45H72N14O16S. The summed E-state index contributed by atoms with van der Waals surface area (Å²) in [6.45, 7) is 3.84. The Bertz CT molecular complexity index is 2230. The van der Waals surface area contributed by atoms with Crippen LogP contribution in [-0.4, -0.2) is 183 Å². The van der Waals surface area contributed by atoms with Gasteiger partial charge >= 0.3 is 11.9 Å². The molecule has 1 aromatic rings. The summed E-state index contributed by atoms with van der Waals surface area (Å²) in [5.74, 6) is -13.7. The number of aliphatic imine (C=N–C) groups is 1. The molecule has 1 rings (SSSR count). The first-order valence-corrected chi connectivity index (χ1v) is 25.1. The summed E-state index contributed by atoms with van der Waals surface area (Å²) in [4.78, 5) is 159. The highest BCUT2D eigenvalue weighted by atomic mass is 32.2. The van der Waals surface area contributed by atoms with Gasteiger partial charge in [-0.15, -0.1) is 0 Å². The number of nitrogens with one attached hydrogen (secondary N) is 9. The van der Waals surface area contributed by atoms with Crippen LogP contribution in [0.1, 0.15) is 71.8 Å². The van der Waals surface area contributed by atoms with Crippen molar-refractivity contribution in [3.63, 3.8) is 0 Å². The minimum absolute atomic E-state index is 0.0147. The van der Waals surface area contributed by atoms with E-state index in [-0.39, 0.29) is 50.4 Å². The minimum atomic E-state index is -1.88. The van der Waals surface area contributed by atoms with Crippen molar-refractivity contribution in [2.24, 2.45) is 33.8 Å². The van der Waals surface area contributed by atoms with Crippen molar-refractivity contribution in [2.45, 2.75) is 127 Å². The van der Waals surface area contributed by atoms with Gasteiger partial charge in [-0.25, -0.2) is 0 Å². The Hall–Kier alpha value is -7.80. The maximum absolute atomic E-state index is 14.0. The molecule has 30 nitrogen and oxygen atoms in total. The zero-order valence-electron chi connectivity index (χ0n) is 42.7. The normalized spacial score (nSPS) is 14.8. The molecule has 0 saturated carbocycles. The van der Waals surface area contributed by atoms with E-state index >= 15 is 0 Å². The van der Waals surface area contributed by atoms with Crippen LogP contribution in [-0.2, 0) is 64.0 Å². The van der Waals surface area contributed by atoms with E-state index in [9.17, 15) is 72.9 Å². The number of benzene rings is 1. The zero-order valence-corrected chi connectivity index (χ0v) is 43.5. The van der Waals surface area contributed by atoms with Gasteiger partial charge in [-0.3, -0.25) is 62.5 Å². The summed E-state index contributed by atoms with van der Waals surface area (Å²) in [5.41, 5.74) is 22.8. The maximum atomic E-state index is 14.0. The number of aliphatic hydroxyl groups is 1. The molecule has 0 saturated heterocycles. The van der Waals surface area contributed by atoms with Gasteiger partial charge in [-0.1, -0.05) is 32.4 Å². The first-order chi connectivity index (χ1) is 35.6. The molecule has 0 unspecified atom stereocenters. The van der Waals surface area contributed by atoms with E-state index in [1.165, 1.54) is 43.0 Å². The van der Waals surface area contributed by atoms with Crippen molar-refractivity contribution in [3.05, 3.63) is 29.8 Å². The van der Waals surface area contributed by atoms with E-state index in [0.717, 1.165) is 6.92 Å². The van der Waals surface area contributed by atoms with Crippen molar-refractivity contribution in [1.82, 2.24) is 47.9 Å². The molecule has 424 valence electrons. The molecule has 76 heavy (non-hydrogen) atoms. The Balaban J connectivity index is 3.18. The third-order valence-corrected chi connectivity index (χ3v) is 11.7. The van der Waals surface area contributed by atoms with Gasteiger partial charge < -0.3 is 91.2 Å². The van der Waals surface area contributed by atoms with Gasteiger partial charge in [0.1, 0.15) is 54.6 Å². The number of carboxylic acid groups (broad SMARTS) is 2. The quantitative estimate of drug-likeness (QED) is 0.0171. The second-order valence-corrected chi connectivity index (χ2v) is 18.4. The number of carbonyl (C=O) groups excluding carboxylic acids is 10. The Morgan fingerprint density at radius 1 is 0.618 bits per heavy atom. The zero-order chi connectivity index (χ0) is 57.8. The lowest BCUT2D eigenvalue weighted by Gasteiger charge is -2.29. The number of hydrogen-bond acceptors (Lipinski definition) is 17. The maximum Gasteiger partial charge on any atom is 0.322 e. The Morgan fingerprint density at radius 3 is 1.70 bits per heavy atom. The highest BCUT2D eigenvalue weighted by Crippen LogP contribution is 2.13. The Labute approximate surface area is 441 Å². The van der Waals surface area contributed by atoms with E-state index in [1.807, 2.05) is 0 Å². The first-order valence-electron chi connectivity index (χ1n) is 23.7. The number of thioether (sulfide) groups is 1. The number of nitrogens with zero attached hydrogens (tertiary/aromatic N) is 1. The number of carbonyl (C=O) groups is 12. The van der Waals surface area contributed by atoms with E-state index in [1.54, 1.807) is 20.1 Å². The van der Waals surface area contributed by atoms with Crippen LogP contribution in [0.15, 0.2) is 29.3 Å². The Morgan fingerprint density at radius 2 is 1.14 bits per heavy atom. The van der Waals surface area contributed by atoms with E-state index in [4.69, 9.17) is 28.0 Å². The SMILES string of the molecule is CC[C@H](C)[C@H](NC(=O)[C@H](CC(N)=O)NC(=O)CNC(=O)[C@H](CC(=O)O)NC(=O)[C@H](C)NC(=O)[C@@H](NC(=O)[C@@H](N)Cc1ccc(O)cc1)[C@@H](C)O)C(=O)N[C@@H](CCCN=C(N)N)C(=O)N[C@@H](CCSC)C(=O)NCC(=O)O. The highest BCUT2D eigenvalue weighted by Gasteiger charge is 2.35. The molecule has 0 aromatic heterocycles. The number of rotatable bonds is 35. The van der Waals surface area contributed by atoms with Crippen molar-refractivity contribution in [2.75, 3.05) is 31.6 Å². The monoisotopic (exact) mass is 1100 g/mol. The summed E-state index contributed by atoms with van der Waals surface area (Å²) in [6.07, 6.45) is -1.34. The summed E-state index contributed by atoms with van der Waals surface area (Å²) in [5, 5.41) is 59.0. The third kappa shape index (κ3) is 25.4. The molecule has 0 heterocycles. The second kappa shape index (κ2) is 33.9. The lowest BCUT2D eigenvalue weighted by molar-refractivity contribution is -0.141. The summed E-state index contributed by atoms with van der Waals surface area (Å²) in [7, 11) is 0. The molecule has 10 atom stereocenters. The highest BCUT2D eigenvalue weighted by molar-refractivity contribution is 7.98. The number of phenolic OH excluding ortho intramolecular Hbond substituents is 1.